The lowest BCUT2D eigenvalue weighted by Crippen LogP contribution is -2.47. The van der Waals surface area contributed by atoms with Gasteiger partial charge in [-0.2, -0.15) is 0 Å². The van der Waals surface area contributed by atoms with Crippen molar-refractivity contribution in [3.63, 3.8) is 0 Å². The van der Waals surface area contributed by atoms with Crippen LogP contribution in [-0.4, -0.2) is 55.6 Å². The van der Waals surface area contributed by atoms with E-state index in [9.17, 15) is 9.59 Å². The van der Waals surface area contributed by atoms with Gasteiger partial charge in [0.1, 0.15) is 0 Å². The summed E-state index contributed by atoms with van der Waals surface area (Å²) in [6.07, 6.45) is 1.66. The predicted molar refractivity (Wildman–Crippen MR) is 90.6 cm³/mol. The zero-order chi connectivity index (χ0) is 16.8. The number of aryl methyl sites for hydroxylation is 1. The summed E-state index contributed by atoms with van der Waals surface area (Å²) >= 11 is 1.50. The maximum atomic E-state index is 12.2. The van der Waals surface area contributed by atoms with Crippen LogP contribution in [0.15, 0.2) is 12.1 Å². The monoisotopic (exact) mass is 339 g/mol. The van der Waals surface area contributed by atoms with E-state index >= 15 is 0 Å². The third-order valence-electron chi connectivity index (χ3n) is 4.15. The van der Waals surface area contributed by atoms with Crippen molar-refractivity contribution in [2.75, 3.05) is 26.7 Å². The zero-order valence-electron chi connectivity index (χ0n) is 13.7. The number of piperidine rings is 1. The van der Waals surface area contributed by atoms with Crippen LogP contribution in [0.4, 0.5) is 0 Å². The molecule has 1 aliphatic heterocycles. The molecule has 1 unspecified atom stereocenters. The molecule has 0 bridgehead atoms. The van der Waals surface area contributed by atoms with Crippen LogP contribution in [0.3, 0.4) is 0 Å². The van der Waals surface area contributed by atoms with E-state index in [0.29, 0.717) is 26.1 Å². The van der Waals surface area contributed by atoms with E-state index < -0.39 is 0 Å². The molecule has 1 atom stereocenters. The van der Waals surface area contributed by atoms with E-state index in [1.807, 2.05) is 24.0 Å². The standard InChI is InChI=1S/C16H25N3O3S/c1-11-3-4-14(23-11)16(21)18-12-5-7-19(8-6-12)15(20)9-13(10-17)22-2/h3-4,12-13H,5-10,17H2,1-2H3,(H,18,21). The molecule has 3 N–H and O–H groups in total. The Morgan fingerprint density at radius 2 is 2.13 bits per heavy atom. The number of likely N-dealkylation sites (tertiary alicyclic amines) is 1. The van der Waals surface area contributed by atoms with Crippen molar-refractivity contribution in [2.24, 2.45) is 5.73 Å². The molecular formula is C16H25N3O3S. The number of methoxy groups -OCH3 is 1. The first-order chi connectivity index (χ1) is 11.0. The Hall–Kier alpha value is -1.44. The van der Waals surface area contributed by atoms with Crippen molar-refractivity contribution in [3.8, 4) is 0 Å². The van der Waals surface area contributed by atoms with Gasteiger partial charge in [0.25, 0.3) is 5.91 Å². The molecule has 0 saturated carbocycles. The molecular weight excluding hydrogens is 314 g/mol. The molecule has 0 radical (unpaired) electrons. The first-order valence-corrected chi connectivity index (χ1v) is 8.73. The maximum Gasteiger partial charge on any atom is 0.261 e. The van der Waals surface area contributed by atoms with Crippen LogP contribution >= 0.6 is 11.3 Å². The fraction of sp³-hybridized carbons (Fsp3) is 0.625. The molecule has 23 heavy (non-hydrogen) atoms. The van der Waals surface area contributed by atoms with E-state index in [4.69, 9.17) is 10.5 Å². The summed E-state index contributed by atoms with van der Waals surface area (Å²) in [5.41, 5.74) is 5.55. The minimum absolute atomic E-state index is 0.0181. The van der Waals surface area contributed by atoms with Gasteiger partial charge in [-0.25, -0.2) is 0 Å². The van der Waals surface area contributed by atoms with Gasteiger partial charge in [0.15, 0.2) is 0 Å². The van der Waals surface area contributed by atoms with Crippen molar-refractivity contribution in [3.05, 3.63) is 21.9 Å². The number of hydrogen-bond acceptors (Lipinski definition) is 5. The van der Waals surface area contributed by atoms with Crippen molar-refractivity contribution in [1.29, 1.82) is 0 Å². The van der Waals surface area contributed by atoms with E-state index in [-0.39, 0.29) is 24.0 Å². The number of ether oxygens (including phenoxy) is 1. The molecule has 1 aromatic rings. The molecule has 1 fully saturated rings. The number of rotatable bonds is 6. The fourth-order valence-corrected chi connectivity index (χ4v) is 3.44. The highest BCUT2D eigenvalue weighted by atomic mass is 32.1. The minimum Gasteiger partial charge on any atom is -0.380 e. The van der Waals surface area contributed by atoms with E-state index in [2.05, 4.69) is 5.32 Å². The third kappa shape index (κ3) is 5.02. The summed E-state index contributed by atoms with van der Waals surface area (Å²) in [5.74, 6) is 0.0522. The lowest BCUT2D eigenvalue weighted by atomic mass is 10.0. The van der Waals surface area contributed by atoms with Gasteiger partial charge < -0.3 is 20.7 Å². The van der Waals surface area contributed by atoms with Crippen LogP contribution in [0.5, 0.6) is 0 Å². The topological polar surface area (TPSA) is 84.7 Å². The number of amides is 2. The number of carbonyl (C=O) groups is 2. The molecule has 1 aliphatic rings. The van der Waals surface area contributed by atoms with Crippen molar-refractivity contribution in [2.45, 2.75) is 38.3 Å². The van der Waals surface area contributed by atoms with Crippen LogP contribution in [0, 0.1) is 6.92 Å². The third-order valence-corrected chi connectivity index (χ3v) is 5.14. The molecule has 7 heteroatoms. The van der Waals surface area contributed by atoms with Gasteiger partial charge in [0.2, 0.25) is 5.91 Å². The summed E-state index contributed by atoms with van der Waals surface area (Å²) in [7, 11) is 1.57. The average Bonchev–Trinajstić information content (AvgIpc) is 2.99. The molecule has 1 saturated heterocycles. The Kier molecular flexibility index (Phi) is 6.56. The molecule has 1 aromatic heterocycles. The minimum atomic E-state index is -0.220. The SMILES string of the molecule is COC(CN)CC(=O)N1CCC(NC(=O)c2ccc(C)s2)CC1. The second-order valence-corrected chi connectivity index (χ2v) is 7.12. The highest BCUT2D eigenvalue weighted by Gasteiger charge is 2.25. The lowest BCUT2D eigenvalue weighted by Gasteiger charge is -2.33. The van der Waals surface area contributed by atoms with Crippen LogP contribution < -0.4 is 11.1 Å². The summed E-state index contributed by atoms with van der Waals surface area (Å²) in [5, 5.41) is 3.06. The number of nitrogens with two attached hydrogens (primary N) is 1. The van der Waals surface area contributed by atoms with Crippen LogP contribution in [0.2, 0.25) is 0 Å². The number of thiophene rings is 1. The smallest absolute Gasteiger partial charge is 0.261 e. The second kappa shape index (κ2) is 8.42. The second-order valence-electron chi connectivity index (χ2n) is 5.84. The quantitative estimate of drug-likeness (QED) is 0.814. The Morgan fingerprint density at radius 3 is 2.65 bits per heavy atom. The summed E-state index contributed by atoms with van der Waals surface area (Å²) in [4.78, 5) is 28.0. The zero-order valence-corrected chi connectivity index (χ0v) is 14.5. The molecule has 2 amide bonds. The molecule has 0 spiro atoms. The Bertz CT molecular complexity index is 534. The van der Waals surface area contributed by atoms with Crippen LogP contribution in [0.1, 0.15) is 33.8 Å². The Balaban J connectivity index is 1.77. The van der Waals surface area contributed by atoms with Gasteiger partial charge in [0.05, 0.1) is 17.4 Å². The Morgan fingerprint density at radius 1 is 1.43 bits per heavy atom. The van der Waals surface area contributed by atoms with Crippen molar-refractivity contribution >= 4 is 23.2 Å². The molecule has 2 heterocycles. The van der Waals surface area contributed by atoms with E-state index in [1.165, 1.54) is 11.3 Å². The summed E-state index contributed by atoms with van der Waals surface area (Å²) < 4.78 is 5.16. The Labute approximate surface area is 141 Å². The fourth-order valence-electron chi connectivity index (χ4n) is 2.67. The van der Waals surface area contributed by atoms with Gasteiger partial charge in [-0.15, -0.1) is 11.3 Å². The van der Waals surface area contributed by atoms with E-state index in [0.717, 1.165) is 22.6 Å². The first-order valence-electron chi connectivity index (χ1n) is 7.91. The van der Waals surface area contributed by atoms with Crippen LogP contribution in [0.25, 0.3) is 0 Å². The van der Waals surface area contributed by atoms with Crippen molar-refractivity contribution in [1.82, 2.24) is 10.2 Å². The number of carbonyl (C=O) groups excluding carboxylic acids is 2. The number of nitrogens with one attached hydrogen (secondary N) is 1. The van der Waals surface area contributed by atoms with Gasteiger partial charge in [-0.1, -0.05) is 0 Å². The molecule has 0 aliphatic carbocycles. The molecule has 6 nitrogen and oxygen atoms in total. The van der Waals surface area contributed by atoms with Crippen LogP contribution in [-0.2, 0) is 9.53 Å². The lowest BCUT2D eigenvalue weighted by molar-refractivity contribution is -0.134. The average molecular weight is 339 g/mol. The van der Waals surface area contributed by atoms with Crippen molar-refractivity contribution < 1.29 is 14.3 Å². The highest BCUT2D eigenvalue weighted by Crippen LogP contribution is 2.17. The number of hydrogen-bond donors (Lipinski definition) is 2. The molecule has 0 aromatic carbocycles. The normalized spacial score (nSPS) is 17.1. The largest absolute Gasteiger partial charge is 0.380 e. The van der Waals surface area contributed by atoms with Gasteiger partial charge in [0, 0.05) is 37.7 Å². The maximum absolute atomic E-state index is 12.2. The van der Waals surface area contributed by atoms with Gasteiger partial charge in [-0.3, -0.25) is 9.59 Å². The van der Waals surface area contributed by atoms with E-state index in [1.54, 1.807) is 7.11 Å². The van der Waals surface area contributed by atoms with Gasteiger partial charge >= 0.3 is 0 Å². The van der Waals surface area contributed by atoms with Gasteiger partial charge in [-0.05, 0) is 31.9 Å². The summed E-state index contributed by atoms with van der Waals surface area (Å²) in [6.45, 7) is 3.65. The number of nitrogens with zero attached hydrogens (tertiary/aromatic N) is 1. The molecule has 128 valence electrons. The summed E-state index contributed by atoms with van der Waals surface area (Å²) in [6, 6.07) is 3.93. The predicted octanol–water partition coefficient (Wildman–Crippen LogP) is 1.14. The highest BCUT2D eigenvalue weighted by molar-refractivity contribution is 7.13. The first kappa shape index (κ1) is 17.9. The molecule has 2 rings (SSSR count).